The van der Waals surface area contributed by atoms with Gasteiger partial charge in [-0.1, -0.05) is 57.8 Å². The zero-order chi connectivity index (χ0) is 11.1. The molecule has 1 heteroatoms. The third-order valence-electron chi connectivity index (χ3n) is 4.55. The molecule has 16 heavy (non-hydrogen) atoms. The van der Waals surface area contributed by atoms with Gasteiger partial charge in [0.25, 0.3) is 0 Å². The molecule has 2 rings (SSSR count). The quantitative estimate of drug-likeness (QED) is 0.750. The van der Waals surface area contributed by atoms with E-state index < -0.39 is 0 Å². The molecule has 94 valence electrons. The third kappa shape index (κ3) is 4.45. The van der Waals surface area contributed by atoms with E-state index in [-0.39, 0.29) is 0 Å². The van der Waals surface area contributed by atoms with Gasteiger partial charge in [-0.25, -0.2) is 0 Å². The van der Waals surface area contributed by atoms with Gasteiger partial charge < -0.3 is 5.32 Å². The van der Waals surface area contributed by atoms with E-state index in [1.807, 2.05) is 0 Å². The molecule has 1 aliphatic carbocycles. The van der Waals surface area contributed by atoms with Crippen LogP contribution in [-0.4, -0.2) is 12.6 Å². The SMILES string of the molecule is C1CCC(CCCC2CCCCCN2)CC1. The molecule has 2 aliphatic rings. The number of rotatable bonds is 4. The predicted octanol–water partition coefficient (Wildman–Crippen LogP) is 4.27. The van der Waals surface area contributed by atoms with Crippen molar-refractivity contribution in [1.29, 1.82) is 0 Å². The first-order valence-corrected chi connectivity index (χ1v) is 7.68. The second-order valence-electron chi connectivity index (χ2n) is 5.94. The third-order valence-corrected chi connectivity index (χ3v) is 4.55. The van der Waals surface area contributed by atoms with Crippen LogP contribution in [0.25, 0.3) is 0 Å². The molecular weight excluding hydrogens is 194 g/mol. The minimum absolute atomic E-state index is 0.853. The summed E-state index contributed by atoms with van der Waals surface area (Å²) < 4.78 is 0. The summed E-state index contributed by atoms with van der Waals surface area (Å²) in [6.07, 6.45) is 17.7. The standard InChI is InChI=1S/C15H29N/c1-3-8-14(9-4-1)10-7-12-15-11-5-2-6-13-16-15/h14-16H,1-13H2. The molecule has 0 spiro atoms. The van der Waals surface area contributed by atoms with E-state index in [2.05, 4.69) is 5.32 Å². The Hall–Kier alpha value is -0.0400. The van der Waals surface area contributed by atoms with E-state index in [4.69, 9.17) is 0 Å². The summed E-state index contributed by atoms with van der Waals surface area (Å²) in [6, 6.07) is 0.853. The maximum atomic E-state index is 3.72. The van der Waals surface area contributed by atoms with Gasteiger partial charge in [0, 0.05) is 6.04 Å². The van der Waals surface area contributed by atoms with Gasteiger partial charge in [-0.3, -0.25) is 0 Å². The van der Waals surface area contributed by atoms with Crippen LogP contribution in [0.15, 0.2) is 0 Å². The largest absolute Gasteiger partial charge is 0.314 e. The zero-order valence-corrected chi connectivity index (χ0v) is 10.8. The summed E-state index contributed by atoms with van der Waals surface area (Å²) in [5, 5.41) is 3.72. The van der Waals surface area contributed by atoms with Crippen molar-refractivity contribution >= 4 is 0 Å². The molecule has 1 heterocycles. The van der Waals surface area contributed by atoms with Crippen LogP contribution in [0.1, 0.15) is 77.0 Å². The Balaban J connectivity index is 1.55. The molecule has 1 saturated carbocycles. The van der Waals surface area contributed by atoms with Crippen LogP contribution in [-0.2, 0) is 0 Å². The van der Waals surface area contributed by atoms with E-state index in [1.165, 1.54) is 83.6 Å². The lowest BCUT2D eigenvalue weighted by Gasteiger charge is -2.22. The van der Waals surface area contributed by atoms with Crippen LogP contribution in [0.3, 0.4) is 0 Å². The van der Waals surface area contributed by atoms with E-state index in [0.717, 1.165) is 12.0 Å². The number of hydrogen-bond donors (Lipinski definition) is 1. The fourth-order valence-electron chi connectivity index (χ4n) is 3.48. The van der Waals surface area contributed by atoms with Crippen molar-refractivity contribution in [3.05, 3.63) is 0 Å². The first-order valence-electron chi connectivity index (χ1n) is 7.68. The highest BCUT2D eigenvalue weighted by molar-refractivity contribution is 4.72. The summed E-state index contributed by atoms with van der Waals surface area (Å²) in [6.45, 7) is 1.27. The van der Waals surface area contributed by atoms with Crippen molar-refractivity contribution in [2.24, 2.45) is 5.92 Å². The van der Waals surface area contributed by atoms with Gasteiger partial charge in [-0.2, -0.15) is 0 Å². The molecule has 2 fully saturated rings. The molecule has 0 aromatic rings. The highest BCUT2D eigenvalue weighted by atomic mass is 14.9. The molecule has 1 N–H and O–H groups in total. The van der Waals surface area contributed by atoms with Gasteiger partial charge in [0.1, 0.15) is 0 Å². The van der Waals surface area contributed by atoms with E-state index >= 15 is 0 Å². The second-order valence-corrected chi connectivity index (χ2v) is 5.94. The van der Waals surface area contributed by atoms with Gasteiger partial charge in [-0.05, 0) is 31.7 Å². The van der Waals surface area contributed by atoms with Gasteiger partial charge in [0.2, 0.25) is 0 Å². The molecule has 0 aromatic carbocycles. The number of hydrogen-bond acceptors (Lipinski definition) is 1. The van der Waals surface area contributed by atoms with Crippen molar-refractivity contribution in [2.75, 3.05) is 6.54 Å². The van der Waals surface area contributed by atoms with Crippen molar-refractivity contribution in [3.63, 3.8) is 0 Å². The summed E-state index contributed by atoms with van der Waals surface area (Å²) in [5.74, 6) is 1.08. The maximum absolute atomic E-state index is 3.72. The van der Waals surface area contributed by atoms with Crippen molar-refractivity contribution in [3.8, 4) is 0 Å². The molecule has 1 atom stereocenters. The van der Waals surface area contributed by atoms with Crippen LogP contribution in [0, 0.1) is 5.92 Å². The first-order chi connectivity index (χ1) is 7.95. The minimum Gasteiger partial charge on any atom is -0.314 e. The average molecular weight is 223 g/mol. The van der Waals surface area contributed by atoms with Crippen LogP contribution in [0.5, 0.6) is 0 Å². The first kappa shape index (κ1) is 12.4. The van der Waals surface area contributed by atoms with Crippen molar-refractivity contribution < 1.29 is 0 Å². The molecule has 0 amide bonds. The Morgan fingerprint density at radius 2 is 1.50 bits per heavy atom. The van der Waals surface area contributed by atoms with Crippen LogP contribution in [0.4, 0.5) is 0 Å². The molecule has 1 unspecified atom stereocenters. The van der Waals surface area contributed by atoms with E-state index in [0.29, 0.717) is 0 Å². The lowest BCUT2D eigenvalue weighted by Crippen LogP contribution is -2.28. The van der Waals surface area contributed by atoms with Crippen LogP contribution < -0.4 is 5.32 Å². The summed E-state index contributed by atoms with van der Waals surface area (Å²) in [5.41, 5.74) is 0. The molecule has 0 aromatic heterocycles. The Bertz CT molecular complexity index is 164. The fourth-order valence-corrected chi connectivity index (χ4v) is 3.48. The summed E-state index contributed by atoms with van der Waals surface area (Å²) >= 11 is 0. The molecule has 0 radical (unpaired) electrons. The maximum Gasteiger partial charge on any atom is 0.00670 e. The van der Waals surface area contributed by atoms with Crippen LogP contribution >= 0.6 is 0 Å². The molecule has 1 aliphatic heterocycles. The zero-order valence-electron chi connectivity index (χ0n) is 10.8. The fraction of sp³-hybridized carbons (Fsp3) is 1.00. The Morgan fingerprint density at radius 1 is 0.750 bits per heavy atom. The molecule has 1 nitrogen and oxygen atoms in total. The van der Waals surface area contributed by atoms with Gasteiger partial charge in [-0.15, -0.1) is 0 Å². The predicted molar refractivity (Wildman–Crippen MR) is 70.7 cm³/mol. The highest BCUT2D eigenvalue weighted by Gasteiger charge is 2.15. The van der Waals surface area contributed by atoms with E-state index in [1.54, 1.807) is 0 Å². The molecule has 0 bridgehead atoms. The Morgan fingerprint density at radius 3 is 2.38 bits per heavy atom. The lowest BCUT2D eigenvalue weighted by atomic mass is 9.85. The minimum atomic E-state index is 0.853. The highest BCUT2D eigenvalue weighted by Crippen LogP contribution is 2.28. The van der Waals surface area contributed by atoms with Crippen LogP contribution in [0.2, 0.25) is 0 Å². The van der Waals surface area contributed by atoms with Gasteiger partial charge >= 0.3 is 0 Å². The average Bonchev–Trinajstić information content (AvgIpc) is 2.59. The van der Waals surface area contributed by atoms with Crippen molar-refractivity contribution in [2.45, 2.75) is 83.1 Å². The smallest absolute Gasteiger partial charge is 0.00670 e. The molecular formula is C15H29N. The Labute approximate surface area is 101 Å². The van der Waals surface area contributed by atoms with E-state index in [9.17, 15) is 0 Å². The van der Waals surface area contributed by atoms with Gasteiger partial charge in [0.05, 0.1) is 0 Å². The normalized spacial score (nSPS) is 28.9. The lowest BCUT2D eigenvalue weighted by molar-refractivity contribution is 0.320. The Kier molecular flexibility index (Phi) is 5.68. The number of nitrogens with one attached hydrogen (secondary N) is 1. The summed E-state index contributed by atoms with van der Waals surface area (Å²) in [7, 11) is 0. The second kappa shape index (κ2) is 7.32. The van der Waals surface area contributed by atoms with Gasteiger partial charge in [0.15, 0.2) is 0 Å². The topological polar surface area (TPSA) is 12.0 Å². The summed E-state index contributed by atoms with van der Waals surface area (Å²) in [4.78, 5) is 0. The molecule has 1 saturated heterocycles. The van der Waals surface area contributed by atoms with Crippen molar-refractivity contribution in [1.82, 2.24) is 5.32 Å². The monoisotopic (exact) mass is 223 g/mol.